The lowest BCUT2D eigenvalue weighted by Gasteiger charge is -2.18. The minimum absolute atomic E-state index is 0.137. The van der Waals surface area contributed by atoms with Gasteiger partial charge in [-0.3, -0.25) is 0 Å². The van der Waals surface area contributed by atoms with Gasteiger partial charge in [0, 0.05) is 11.9 Å². The van der Waals surface area contributed by atoms with Crippen LogP contribution in [0.25, 0.3) is 0 Å². The Morgan fingerprint density at radius 3 is 2.79 bits per heavy atom. The first-order chi connectivity index (χ1) is 9.20. The van der Waals surface area contributed by atoms with E-state index in [9.17, 15) is 4.39 Å². The molecule has 0 aliphatic carbocycles. The van der Waals surface area contributed by atoms with Crippen molar-refractivity contribution < 1.29 is 9.50 Å². The summed E-state index contributed by atoms with van der Waals surface area (Å²) in [5.74, 6) is 5.26. The highest BCUT2D eigenvalue weighted by Gasteiger charge is 2.08. The van der Waals surface area contributed by atoms with Gasteiger partial charge in [0.1, 0.15) is 12.4 Å². The lowest BCUT2D eigenvalue weighted by atomic mass is 10.3. The Kier molecular flexibility index (Phi) is 4.56. The molecule has 0 bridgehead atoms. The van der Waals surface area contributed by atoms with Crippen molar-refractivity contribution in [2.75, 3.05) is 18.6 Å². The number of para-hydroxylation sites is 1. The van der Waals surface area contributed by atoms with E-state index in [-0.39, 0.29) is 12.4 Å². The second-order valence-electron chi connectivity index (χ2n) is 4.03. The molecule has 0 fully saturated rings. The fraction of sp³-hybridized carbons (Fsp3) is 0.200. The first-order valence-electron chi connectivity index (χ1n) is 5.85. The summed E-state index contributed by atoms with van der Waals surface area (Å²) in [6.45, 7) is 0.495. The van der Waals surface area contributed by atoms with Crippen LogP contribution < -0.4 is 4.90 Å². The van der Waals surface area contributed by atoms with Gasteiger partial charge in [-0.1, -0.05) is 24.0 Å². The molecule has 2 aromatic rings. The van der Waals surface area contributed by atoms with Crippen molar-refractivity contribution in [3.05, 3.63) is 52.0 Å². The van der Waals surface area contributed by atoms with E-state index < -0.39 is 0 Å². The number of halogens is 1. The van der Waals surface area contributed by atoms with Crippen molar-refractivity contribution in [1.82, 2.24) is 0 Å². The first-order valence-corrected chi connectivity index (χ1v) is 6.66. The summed E-state index contributed by atoms with van der Waals surface area (Å²) < 4.78 is 13.6. The van der Waals surface area contributed by atoms with E-state index in [0.29, 0.717) is 12.2 Å². The molecule has 0 saturated carbocycles. The van der Waals surface area contributed by atoms with Gasteiger partial charge in [-0.15, -0.1) is 11.3 Å². The maximum absolute atomic E-state index is 13.6. The van der Waals surface area contributed by atoms with Crippen molar-refractivity contribution in [1.29, 1.82) is 0 Å². The number of hydrogen-bond acceptors (Lipinski definition) is 3. The Hall–Kier alpha value is -1.83. The van der Waals surface area contributed by atoms with Crippen LogP contribution in [0.15, 0.2) is 36.4 Å². The van der Waals surface area contributed by atoms with Crippen LogP contribution in [-0.2, 0) is 6.54 Å². The number of anilines is 1. The molecule has 1 heterocycles. The SMILES string of the molecule is CN(Cc1ccc(C#CCO)s1)c1ccccc1F. The van der Waals surface area contributed by atoms with Crippen LogP contribution in [0.4, 0.5) is 10.1 Å². The van der Waals surface area contributed by atoms with Gasteiger partial charge < -0.3 is 10.0 Å². The lowest BCUT2D eigenvalue weighted by Crippen LogP contribution is -2.16. The van der Waals surface area contributed by atoms with Crippen LogP contribution in [-0.4, -0.2) is 18.8 Å². The third-order valence-electron chi connectivity index (χ3n) is 2.61. The molecule has 1 aromatic heterocycles. The molecular weight excluding hydrogens is 261 g/mol. The van der Waals surface area contributed by atoms with Gasteiger partial charge in [-0.2, -0.15) is 0 Å². The Morgan fingerprint density at radius 2 is 2.05 bits per heavy atom. The highest BCUT2D eigenvalue weighted by atomic mass is 32.1. The molecule has 0 atom stereocenters. The number of nitrogens with zero attached hydrogens (tertiary/aromatic N) is 1. The summed E-state index contributed by atoms with van der Waals surface area (Å²) >= 11 is 1.55. The summed E-state index contributed by atoms with van der Waals surface area (Å²) in [5, 5.41) is 8.64. The molecule has 2 nitrogen and oxygen atoms in total. The largest absolute Gasteiger partial charge is 0.384 e. The third-order valence-corrected chi connectivity index (χ3v) is 3.59. The Balaban J connectivity index is 2.09. The minimum atomic E-state index is -0.221. The number of hydrogen-bond donors (Lipinski definition) is 1. The normalized spacial score (nSPS) is 9.84. The fourth-order valence-corrected chi connectivity index (χ4v) is 2.67. The quantitative estimate of drug-likeness (QED) is 0.871. The average Bonchev–Trinajstić information content (AvgIpc) is 2.84. The van der Waals surface area contributed by atoms with Crippen LogP contribution in [0, 0.1) is 17.7 Å². The van der Waals surface area contributed by atoms with Crippen molar-refractivity contribution in [2.24, 2.45) is 0 Å². The zero-order valence-corrected chi connectivity index (χ0v) is 11.4. The van der Waals surface area contributed by atoms with E-state index in [1.807, 2.05) is 30.1 Å². The molecule has 0 unspecified atom stereocenters. The number of aliphatic hydroxyl groups excluding tert-OH is 1. The van der Waals surface area contributed by atoms with E-state index in [1.54, 1.807) is 23.5 Å². The molecule has 1 aromatic carbocycles. The van der Waals surface area contributed by atoms with E-state index in [1.165, 1.54) is 6.07 Å². The number of benzene rings is 1. The van der Waals surface area contributed by atoms with Gasteiger partial charge in [-0.05, 0) is 24.3 Å². The molecular formula is C15H14FNOS. The van der Waals surface area contributed by atoms with Crippen LogP contribution in [0.3, 0.4) is 0 Å². The van der Waals surface area contributed by atoms with E-state index in [4.69, 9.17) is 5.11 Å². The van der Waals surface area contributed by atoms with Gasteiger partial charge in [0.25, 0.3) is 0 Å². The lowest BCUT2D eigenvalue weighted by molar-refractivity contribution is 0.350. The summed E-state index contributed by atoms with van der Waals surface area (Å²) in [6.07, 6.45) is 0. The number of rotatable bonds is 3. The molecule has 19 heavy (non-hydrogen) atoms. The minimum Gasteiger partial charge on any atom is -0.384 e. The van der Waals surface area contributed by atoms with Crippen LogP contribution in [0.1, 0.15) is 9.75 Å². The maximum Gasteiger partial charge on any atom is 0.146 e. The summed E-state index contributed by atoms with van der Waals surface area (Å²) in [5.41, 5.74) is 0.582. The molecule has 1 N–H and O–H groups in total. The predicted molar refractivity (Wildman–Crippen MR) is 76.8 cm³/mol. The van der Waals surface area contributed by atoms with Crippen LogP contribution in [0.5, 0.6) is 0 Å². The molecule has 0 radical (unpaired) electrons. The van der Waals surface area contributed by atoms with E-state index >= 15 is 0 Å². The van der Waals surface area contributed by atoms with E-state index in [2.05, 4.69) is 11.8 Å². The van der Waals surface area contributed by atoms with Crippen LogP contribution >= 0.6 is 11.3 Å². The molecule has 0 amide bonds. The second kappa shape index (κ2) is 6.37. The number of thiophene rings is 1. The van der Waals surface area contributed by atoms with Gasteiger partial charge >= 0.3 is 0 Å². The van der Waals surface area contributed by atoms with Gasteiger partial charge in [0.15, 0.2) is 0 Å². The molecule has 98 valence electrons. The predicted octanol–water partition coefficient (Wildman–Crippen LogP) is 2.87. The molecule has 2 rings (SSSR count). The summed E-state index contributed by atoms with van der Waals surface area (Å²) in [4.78, 5) is 3.88. The maximum atomic E-state index is 13.6. The van der Waals surface area contributed by atoms with Gasteiger partial charge in [0.2, 0.25) is 0 Å². The van der Waals surface area contributed by atoms with Crippen LogP contribution in [0.2, 0.25) is 0 Å². The standard InChI is InChI=1S/C15H14FNOS/c1-17(15-7-3-2-6-14(15)16)11-13-9-8-12(19-13)5-4-10-18/h2-3,6-9,18H,10-11H2,1H3. The second-order valence-corrected chi connectivity index (χ2v) is 5.20. The summed E-state index contributed by atoms with van der Waals surface area (Å²) in [6, 6.07) is 10.6. The van der Waals surface area contributed by atoms with E-state index in [0.717, 1.165) is 9.75 Å². The number of aliphatic hydroxyl groups is 1. The first kappa shape index (κ1) is 13.6. The highest BCUT2D eigenvalue weighted by Crippen LogP contribution is 2.22. The molecule has 0 saturated heterocycles. The Labute approximate surface area is 116 Å². The fourth-order valence-electron chi connectivity index (χ4n) is 1.74. The zero-order valence-electron chi connectivity index (χ0n) is 10.6. The van der Waals surface area contributed by atoms with Crippen molar-refractivity contribution in [3.63, 3.8) is 0 Å². The summed E-state index contributed by atoms with van der Waals surface area (Å²) in [7, 11) is 1.86. The smallest absolute Gasteiger partial charge is 0.146 e. The Bertz CT molecular complexity index is 612. The molecule has 0 spiro atoms. The van der Waals surface area contributed by atoms with Gasteiger partial charge in [0.05, 0.1) is 17.1 Å². The molecule has 4 heteroatoms. The molecule has 0 aliphatic rings. The third kappa shape index (κ3) is 3.57. The van der Waals surface area contributed by atoms with Crippen molar-refractivity contribution >= 4 is 17.0 Å². The highest BCUT2D eigenvalue weighted by molar-refractivity contribution is 7.12. The van der Waals surface area contributed by atoms with Crippen molar-refractivity contribution in [2.45, 2.75) is 6.54 Å². The monoisotopic (exact) mass is 275 g/mol. The topological polar surface area (TPSA) is 23.5 Å². The average molecular weight is 275 g/mol. The zero-order chi connectivity index (χ0) is 13.7. The van der Waals surface area contributed by atoms with Gasteiger partial charge in [-0.25, -0.2) is 4.39 Å². The molecule has 0 aliphatic heterocycles. The van der Waals surface area contributed by atoms with Crippen molar-refractivity contribution in [3.8, 4) is 11.8 Å². The Morgan fingerprint density at radius 1 is 1.26 bits per heavy atom.